The Labute approximate surface area is 115 Å². The van der Waals surface area contributed by atoms with Crippen molar-refractivity contribution >= 4 is 48.9 Å². The fourth-order valence-corrected chi connectivity index (χ4v) is 3.49. The molecule has 0 aliphatic rings. The van der Waals surface area contributed by atoms with Crippen LogP contribution >= 0.6 is 43.2 Å². The summed E-state index contributed by atoms with van der Waals surface area (Å²) >= 11 is 8.50. The Kier molecular flexibility index (Phi) is 3.69. The molecule has 0 aliphatic heterocycles. The molecule has 0 radical (unpaired) electrons. The summed E-state index contributed by atoms with van der Waals surface area (Å²) in [5, 5.41) is 2.01. The van der Waals surface area contributed by atoms with Crippen LogP contribution in [0.1, 0.15) is 16.5 Å². The first-order valence-corrected chi connectivity index (χ1v) is 7.09. The van der Waals surface area contributed by atoms with Crippen molar-refractivity contribution in [1.82, 2.24) is 0 Å². The number of anilines is 1. The number of nitrogen functional groups attached to an aromatic ring is 1. The molecule has 0 aliphatic carbocycles. The maximum Gasteiger partial charge on any atom is 0.0667 e. The number of hydrogen-bond donors (Lipinski definition) is 2. The van der Waals surface area contributed by atoms with Gasteiger partial charge in [0.05, 0.1) is 11.7 Å². The van der Waals surface area contributed by atoms with Crippen molar-refractivity contribution in [3.8, 4) is 0 Å². The number of nitrogens with two attached hydrogens (primary N) is 2. The van der Waals surface area contributed by atoms with Gasteiger partial charge in [0.2, 0.25) is 0 Å². The van der Waals surface area contributed by atoms with Crippen molar-refractivity contribution < 1.29 is 0 Å². The Hall–Kier alpha value is -0.360. The molecule has 0 spiro atoms. The molecule has 2 nitrogen and oxygen atoms in total. The van der Waals surface area contributed by atoms with E-state index in [-0.39, 0.29) is 6.04 Å². The standard InChI is InChI=1S/C11H10Br2N2S/c12-6-4-7(10(14)8(13)5-6)11(15)9-2-1-3-16-9/h1-5,11H,14-15H2/t11-/m1/s1. The highest BCUT2D eigenvalue weighted by Crippen LogP contribution is 2.34. The highest BCUT2D eigenvalue weighted by atomic mass is 79.9. The monoisotopic (exact) mass is 360 g/mol. The van der Waals surface area contributed by atoms with Gasteiger partial charge in [0.25, 0.3) is 0 Å². The number of thiophene rings is 1. The van der Waals surface area contributed by atoms with Crippen LogP contribution in [0.4, 0.5) is 5.69 Å². The molecular formula is C11H10Br2N2S. The Morgan fingerprint density at radius 1 is 1.25 bits per heavy atom. The first-order chi connectivity index (χ1) is 7.59. The summed E-state index contributed by atoms with van der Waals surface area (Å²) < 4.78 is 1.83. The molecular weight excluding hydrogens is 352 g/mol. The number of benzene rings is 1. The van der Waals surface area contributed by atoms with Gasteiger partial charge in [-0.05, 0) is 45.1 Å². The average Bonchev–Trinajstić information content (AvgIpc) is 2.75. The van der Waals surface area contributed by atoms with Crippen molar-refractivity contribution in [2.24, 2.45) is 5.73 Å². The van der Waals surface area contributed by atoms with E-state index in [2.05, 4.69) is 31.9 Å². The van der Waals surface area contributed by atoms with Gasteiger partial charge < -0.3 is 11.5 Å². The minimum atomic E-state index is -0.172. The van der Waals surface area contributed by atoms with Crippen molar-refractivity contribution in [2.45, 2.75) is 6.04 Å². The van der Waals surface area contributed by atoms with Crippen LogP contribution in [0.5, 0.6) is 0 Å². The number of hydrogen-bond acceptors (Lipinski definition) is 3. The molecule has 0 saturated carbocycles. The van der Waals surface area contributed by atoms with Gasteiger partial charge in [0, 0.05) is 13.8 Å². The Bertz CT molecular complexity index is 497. The lowest BCUT2D eigenvalue weighted by Crippen LogP contribution is -2.12. The zero-order valence-electron chi connectivity index (χ0n) is 8.28. The van der Waals surface area contributed by atoms with E-state index in [9.17, 15) is 0 Å². The summed E-state index contributed by atoms with van der Waals surface area (Å²) in [6, 6.07) is 7.71. The molecule has 0 amide bonds. The normalized spacial score (nSPS) is 12.7. The Morgan fingerprint density at radius 2 is 2.00 bits per heavy atom. The van der Waals surface area contributed by atoms with Crippen LogP contribution in [0.2, 0.25) is 0 Å². The molecule has 16 heavy (non-hydrogen) atoms. The third-order valence-electron chi connectivity index (χ3n) is 2.31. The van der Waals surface area contributed by atoms with Crippen LogP contribution in [0.15, 0.2) is 38.6 Å². The van der Waals surface area contributed by atoms with E-state index in [1.54, 1.807) is 11.3 Å². The smallest absolute Gasteiger partial charge is 0.0667 e. The van der Waals surface area contributed by atoms with E-state index < -0.39 is 0 Å². The second-order valence-electron chi connectivity index (χ2n) is 3.38. The van der Waals surface area contributed by atoms with Gasteiger partial charge >= 0.3 is 0 Å². The van der Waals surface area contributed by atoms with E-state index in [0.29, 0.717) is 5.69 Å². The molecule has 4 N–H and O–H groups in total. The SMILES string of the molecule is Nc1c(Br)cc(Br)cc1[C@@H](N)c1cccs1. The zero-order chi connectivity index (χ0) is 11.7. The fourth-order valence-electron chi connectivity index (χ4n) is 1.48. The van der Waals surface area contributed by atoms with Crippen LogP contribution < -0.4 is 11.5 Å². The van der Waals surface area contributed by atoms with E-state index in [0.717, 1.165) is 19.4 Å². The average molecular weight is 362 g/mol. The summed E-state index contributed by atoms with van der Waals surface area (Å²) in [7, 11) is 0. The van der Waals surface area contributed by atoms with E-state index >= 15 is 0 Å². The fraction of sp³-hybridized carbons (Fsp3) is 0.0909. The van der Waals surface area contributed by atoms with Crippen molar-refractivity contribution in [3.63, 3.8) is 0 Å². The molecule has 84 valence electrons. The van der Waals surface area contributed by atoms with Gasteiger partial charge in [0.1, 0.15) is 0 Å². The molecule has 0 unspecified atom stereocenters. The predicted molar refractivity (Wildman–Crippen MR) is 76.6 cm³/mol. The highest BCUT2D eigenvalue weighted by molar-refractivity contribution is 9.11. The summed E-state index contributed by atoms with van der Waals surface area (Å²) in [5.41, 5.74) is 13.8. The molecule has 2 rings (SSSR count). The van der Waals surface area contributed by atoms with Crippen LogP contribution in [0.25, 0.3) is 0 Å². The van der Waals surface area contributed by atoms with Crippen LogP contribution in [0.3, 0.4) is 0 Å². The molecule has 1 heterocycles. The largest absolute Gasteiger partial charge is 0.398 e. The first kappa shape index (κ1) is 12.1. The van der Waals surface area contributed by atoms with E-state index in [4.69, 9.17) is 11.5 Å². The predicted octanol–water partition coefficient (Wildman–Crippen LogP) is 3.90. The highest BCUT2D eigenvalue weighted by Gasteiger charge is 2.15. The molecule has 1 atom stereocenters. The zero-order valence-corrected chi connectivity index (χ0v) is 12.3. The minimum absolute atomic E-state index is 0.172. The summed E-state index contributed by atoms with van der Waals surface area (Å²) in [4.78, 5) is 1.11. The van der Waals surface area contributed by atoms with Crippen LogP contribution in [0, 0.1) is 0 Å². The lowest BCUT2D eigenvalue weighted by Gasteiger charge is -2.14. The quantitative estimate of drug-likeness (QED) is 0.797. The van der Waals surface area contributed by atoms with Crippen molar-refractivity contribution in [2.75, 3.05) is 5.73 Å². The Morgan fingerprint density at radius 3 is 2.62 bits per heavy atom. The second kappa shape index (κ2) is 4.87. The summed E-state index contributed by atoms with van der Waals surface area (Å²) in [5.74, 6) is 0. The lowest BCUT2D eigenvalue weighted by atomic mass is 10.0. The van der Waals surface area contributed by atoms with Crippen LogP contribution in [-0.2, 0) is 0 Å². The molecule has 0 bridgehead atoms. The van der Waals surface area contributed by atoms with Gasteiger partial charge in [-0.25, -0.2) is 0 Å². The van der Waals surface area contributed by atoms with Gasteiger partial charge in [-0.1, -0.05) is 22.0 Å². The third-order valence-corrected chi connectivity index (χ3v) is 4.38. The maximum absolute atomic E-state index is 6.19. The molecule has 5 heteroatoms. The van der Waals surface area contributed by atoms with E-state index in [1.807, 2.05) is 29.6 Å². The van der Waals surface area contributed by atoms with Gasteiger partial charge in [0.15, 0.2) is 0 Å². The molecule has 1 aromatic heterocycles. The minimum Gasteiger partial charge on any atom is -0.398 e. The summed E-state index contributed by atoms with van der Waals surface area (Å²) in [6.45, 7) is 0. The second-order valence-corrected chi connectivity index (χ2v) is 6.13. The molecule has 1 aromatic carbocycles. The maximum atomic E-state index is 6.19. The number of halogens is 2. The van der Waals surface area contributed by atoms with E-state index in [1.165, 1.54) is 0 Å². The molecule has 0 fully saturated rings. The van der Waals surface area contributed by atoms with Gasteiger partial charge in [-0.2, -0.15) is 0 Å². The van der Waals surface area contributed by atoms with Crippen molar-refractivity contribution in [1.29, 1.82) is 0 Å². The first-order valence-electron chi connectivity index (χ1n) is 4.63. The van der Waals surface area contributed by atoms with Gasteiger partial charge in [-0.15, -0.1) is 11.3 Å². The molecule has 2 aromatic rings. The lowest BCUT2D eigenvalue weighted by molar-refractivity contribution is 0.895. The number of rotatable bonds is 2. The topological polar surface area (TPSA) is 52.0 Å². The van der Waals surface area contributed by atoms with Gasteiger partial charge in [-0.3, -0.25) is 0 Å². The molecule has 0 saturated heterocycles. The van der Waals surface area contributed by atoms with Crippen molar-refractivity contribution in [3.05, 3.63) is 49.0 Å². The summed E-state index contributed by atoms with van der Waals surface area (Å²) in [6.07, 6.45) is 0. The van der Waals surface area contributed by atoms with Crippen LogP contribution in [-0.4, -0.2) is 0 Å². The Balaban J connectivity index is 2.48. The third kappa shape index (κ3) is 2.32.